The van der Waals surface area contributed by atoms with E-state index >= 15 is 0 Å². The zero-order valence-electron chi connectivity index (χ0n) is 16.8. The zero-order valence-corrected chi connectivity index (χ0v) is 22.1. The van der Waals surface area contributed by atoms with Gasteiger partial charge < -0.3 is 64.9 Å². The summed E-state index contributed by atoms with van der Waals surface area (Å²) < 4.78 is 88.7. The Morgan fingerprint density at radius 2 is 0.737 bits per heavy atom. The molecular weight excluding hydrogens is 697 g/mol. The molecule has 0 aromatic heterocycles. The Kier molecular flexibility index (Phi) is 14.3. The van der Waals surface area contributed by atoms with Crippen LogP contribution >= 0.6 is 46.9 Å². The van der Waals surface area contributed by atoms with Crippen molar-refractivity contribution in [1.29, 1.82) is 0 Å². The van der Waals surface area contributed by atoms with Crippen molar-refractivity contribution < 1.29 is 118 Å². The van der Waals surface area contributed by atoms with Crippen LogP contribution in [0.1, 0.15) is 0 Å². The minimum absolute atomic E-state index is 0. The van der Waals surface area contributed by atoms with E-state index < -0.39 is 83.2 Å². The van der Waals surface area contributed by atoms with Gasteiger partial charge in [0.05, 0.1) is 0 Å². The van der Waals surface area contributed by atoms with Gasteiger partial charge in [-0.1, -0.05) is 0 Å². The molecule has 1 aliphatic rings. The van der Waals surface area contributed by atoms with Crippen molar-refractivity contribution in [3.63, 3.8) is 0 Å². The molecule has 0 aliphatic heterocycles. The topological polar surface area (TPSA) is 421 Å². The fraction of sp³-hybridized carbons (Fsp3) is 1.00. The van der Waals surface area contributed by atoms with Crippen molar-refractivity contribution in [3.05, 3.63) is 0 Å². The number of phosphoric acid groups is 6. The predicted octanol–water partition coefficient (Wildman–Crippen LogP) is -4.46. The summed E-state index contributed by atoms with van der Waals surface area (Å²) in [5.74, 6) is -3.96. The molecule has 5 unspecified atom stereocenters. The van der Waals surface area contributed by atoms with E-state index in [1.165, 1.54) is 0 Å². The van der Waals surface area contributed by atoms with E-state index in [1.54, 1.807) is 0 Å². The molecule has 0 saturated heterocycles. The van der Waals surface area contributed by atoms with Crippen molar-refractivity contribution in [3.8, 4) is 0 Å². The monoisotopic (exact) mass is 716 g/mol. The standard InChI is InChI=1S/C6H18O25P6.K.H/c7-1-2(8)4(10)6(12,5(11)3(1)9)26-33(16,17)28-35(20,21)30-37(24,25)31-36(22,23)29-34(18,19)27-32(13,14)15;;/h1-5,7-12H,(H,16,17)(H,18,19)(H,20,21)(H,22,23)(H,24,25)(H2,13,14,15);;/t1-,2-,3+,4-,5-,6-;;/m1../s1. The first-order valence-electron chi connectivity index (χ1n) is 8.13. The summed E-state index contributed by atoms with van der Waals surface area (Å²) >= 11 is 0. The first-order chi connectivity index (χ1) is 16.0. The van der Waals surface area contributed by atoms with Crippen LogP contribution in [-0.4, -0.2) is 153 Å². The predicted molar refractivity (Wildman–Crippen MR) is 110 cm³/mol. The zero-order chi connectivity index (χ0) is 29.6. The molecule has 0 bridgehead atoms. The molecule has 0 spiro atoms. The molecule has 25 nitrogen and oxygen atoms in total. The average Bonchev–Trinajstić information content (AvgIpc) is 2.56. The molecule has 38 heavy (non-hydrogen) atoms. The van der Waals surface area contributed by atoms with Crippen molar-refractivity contribution in [2.24, 2.45) is 0 Å². The second kappa shape index (κ2) is 13.5. The quantitative estimate of drug-likeness (QED) is 0.0514. The number of hydrogen-bond acceptors (Lipinski definition) is 18. The summed E-state index contributed by atoms with van der Waals surface area (Å²) in [6.45, 7) is 0. The summed E-state index contributed by atoms with van der Waals surface area (Å²) in [4.78, 5) is 62.9. The Bertz CT molecular complexity index is 1110. The molecule has 32 heteroatoms. The summed E-state index contributed by atoms with van der Waals surface area (Å²) in [5.41, 5.74) is 0. The van der Waals surface area contributed by atoms with Gasteiger partial charge in [0.15, 0.2) is 0 Å². The van der Waals surface area contributed by atoms with Crippen molar-refractivity contribution >= 4 is 98.3 Å². The Labute approximate surface area is 251 Å². The summed E-state index contributed by atoms with van der Waals surface area (Å²) in [6, 6.07) is 0. The molecule has 1 saturated carbocycles. The normalized spacial score (nSPS) is 36.4. The maximum absolute atomic E-state index is 12.0. The molecule has 0 radical (unpaired) electrons. The van der Waals surface area contributed by atoms with Crippen LogP contribution in [0.3, 0.4) is 0 Å². The van der Waals surface area contributed by atoms with Crippen LogP contribution in [0.4, 0.5) is 0 Å². The van der Waals surface area contributed by atoms with E-state index in [9.17, 15) is 72.7 Å². The number of phosphoric ester groups is 1. The average molecular weight is 716 g/mol. The van der Waals surface area contributed by atoms with E-state index in [0.29, 0.717) is 0 Å². The number of rotatable bonds is 12. The van der Waals surface area contributed by atoms with E-state index in [-0.39, 0.29) is 51.4 Å². The molecule has 0 aromatic rings. The van der Waals surface area contributed by atoms with Gasteiger partial charge in [0.25, 0.3) is 0 Å². The van der Waals surface area contributed by atoms with E-state index in [2.05, 4.69) is 26.1 Å². The van der Waals surface area contributed by atoms with Crippen LogP contribution in [-0.2, 0) is 53.5 Å². The molecule has 0 aromatic carbocycles. The third-order valence-electron chi connectivity index (χ3n) is 3.49. The van der Waals surface area contributed by atoms with Crippen LogP contribution in [0.5, 0.6) is 0 Å². The molecule has 0 heterocycles. The van der Waals surface area contributed by atoms with Gasteiger partial charge in [0.1, 0.15) is 30.5 Å². The Balaban J connectivity index is 0.0000137. The van der Waals surface area contributed by atoms with Gasteiger partial charge in [0.2, 0.25) is 5.79 Å². The van der Waals surface area contributed by atoms with E-state index in [0.717, 1.165) is 0 Å². The van der Waals surface area contributed by atoms with Crippen LogP contribution < -0.4 is 0 Å². The van der Waals surface area contributed by atoms with Gasteiger partial charge in [-0.2, -0.15) is 21.6 Å². The van der Waals surface area contributed by atoms with Gasteiger partial charge in [-0.25, -0.2) is 31.9 Å². The van der Waals surface area contributed by atoms with Crippen molar-refractivity contribution in [1.82, 2.24) is 0 Å². The minimum atomic E-state index is -6.59. The van der Waals surface area contributed by atoms with Gasteiger partial charge in [-0.15, -0.1) is 0 Å². The molecule has 1 rings (SSSR count). The fourth-order valence-corrected chi connectivity index (χ4v) is 9.78. The molecule has 1 fully saturated rings. The van der Waals surface area contributed by atoms with Gasteiger partial charge in [-0.3, -0.25) is 0 Å². The molecule has 224 valence electrons. The summed E-state index contributed by atoms with van der Waals surface area (Å²) in [6.07, 6.45) is -13.5. The first kappa shape index (κ1) is 40.3. The van der Waals surface area contributed by atoms with Crippen LogP contribution in [0.15, 0.2) is 0 Å². The summed E-state index contributed by atoms with van der Waals surface area (Å²) in [5, 5.41) is 57.9. The van der Waals surface area contributed by atoms with Crippen LogP contribution in [0.2, 0.25) is 0 Å². The number of hydrogen-bond donors (Lipinski definition) is 13. The Morgan fingerprint density at radius 1 is 0.474 bits per heavy atom. The number of aliphatic hydroxyl groups excluding tert-OH is 5. The van der Waals surface area contributed by atoms with E-state index in [4.69, 9.17) is 19.6 Å². The molecule has 13 N–H and O–H groups in total. The molecular formula is C6H19KO25P6. The van der Waals surface area contributed by atoms with Gasteiger partial charge >= 0.3 is 98.3 Å². The van der Waals surface area contributed by atoms with Crippen LogP contribution in [0.25, 0.3) is 0 Å². The van der Waals surface area contributed by atoms with Crippen molar-refractivity contribution in [2.75, 3.05) is 0 Å². The molecule has 1 aliphatic carbocycles. The van der Waals surface area contributed by atoms with Crippen molar-refractivity contribution in [2.45, 2.75) is 36.3 Å². The second-order valence-corrected chi connectivity index (χ2v) is 15.6. The second-order valence-electron chi connectivity index (χ2n) is 6.45. The fourth-order valence-electron chi connectivity index (χ4n) is 2.26. The number of aliphatic hydroxyl groups is 6. The first-order valence-corrected chi connectivity index (χ1v) is 17.1. The summed E-state index contributed by atoms with van der Waals surface area (Å²) in [7, 11) is -38.3. The van der Waals surface area contributed by atoms with Gasteiger partial charge in [0, 0.05) is 0 Å². The molecule has 0 amide bonds. The Hall–Kier alpha value is 2.26. The third-order valence-corrected chi connectivity index (χ3v) is 12.3. The van der Waals surface area contributed by atoms with E-state index in [1.807, 2.05) is 0 Å². The molecule has 11 atom stereocenters. The Morgan fingerprint density at radius 3 is 1.03 bits per heavy atom. The maximum atomic E-state index is 12.0. The SMILES string of the molecule is O=P(O)(O)OP(=O)(O)OP(=O)(O)OP(=O)(O)OP(=O)(O)OP(=O)(O)O[C@]1(O)[C@H](O)[C@H](O)[C@@H](O)[C@H](O)[C@H]1O.[KH]. The third kappa shape index (κ3) is 12.1. The van der Waals surface area contributed by atoms with Gasteiger partial charge in [-0.05, 0) is 0 Å². The van der Waals surface area contributed by atoms with Crippen LogP contribution in [0, 0.1) is 0 Å².